The van der Waals surface area contributed by atoms with Crippen molar-refractivity contribution in [1.29, 1.82) is 0 Å². The van der Waals surface area contributed by atoms with Crippen LogP contribution in [0.25, 0.3) is 0 Å². The molecular weight excluding hydrogens is 368 g/mol. The van der Waals surface area contributed by atoms with E-state index in [-0.39, 0.29) is 11.9 Å². The number of methoxy groups -OCH3 is 1. The van der Waals surface area contributed by atoms with Crippen molar-refractivity contribution in [3.05, 3.63) is 59.2 Å². The molecular formula is C23H26N2O4. The minimum atomic E-state index is -0.454. The van der Waals surface area contributed by atoms with Crippen molar-refractivity contribution < 1.29 is 19.1 Å². The van der Waals surface area contributed by atoms with Gasteiger partial charge in [0.25, 0.3) is 5.91 Å². The van der Waals surface area contributed by atoms with Gasteiger partial charge in [-0.05, 0) is 74.2 Å². The number of hydrogen-bond acceptors (Lipinski definition) is 5. The fraction of sp³-hybridized carbons (Fsp3) is 0.391. The van der Waals surface area contributed by atoms with E-state index in [2.05, 4.69) is 22.3 Å². The molecule has 1 fully saturated rings. The van der Waals surface area contributed by atoms with Crippen LogP contribution in [-0.2, 0) is 16.1 Å². The lowest BCUT2D eigenvalue weighted by Gasteiger charge is -2.32. The summed E-state index contributed by atoms with van der Waals surface area (Å²) in [6.45, 7) is 4.57. The number of carbonyl (C=O) groups excluding carboxylic acids is 2. The van der Waals surface area contributed by atoms with Crippen molar-refractivity contribution in [2.75, 3.05) is 25.5 Å². The number of carbonyl (C=O) groups is 2. The number of esters is 1. The van der Waals surface area contributed by atoms with Crippen LogP contribution in [-0.4, -0.2) is 43.1 Å². The SMILES string of the molecule is COC(=O)c1cccc(C2CCN(Cc3ccc4c(c3)NC(=O)C(C)O4)CC2)c1. The van der Waals surface area contributed by atoms with Crippen molar-refractivity contribution in [2.45, 2.75) is 38.3 Å². The van der Waals surface area contributed by atoms with Gasteiger partial charge in [-0.3, -0.25) is 9.69 Å². The van der Waals surface area contributed by atoms with E-state index < -0.39 is 6.10 Å². The van der Waals surface area contributed by atoms with Crippen LogP contribution in [0.5, 0.6) is 5.75 Å². The highest BCUT2D eigenvalue weighted by atomic mass is 16.5. The van der Waals surface area contributed by atoms with E-state index in [0.717, 1.165) is 49.5 Å². The molecule has 2 aliphatic rings. The molecule has 0 aliphatic carbocycles. The zero-order chi connectivity index (χ0) is 20.4. The fourth-order valence-electron chi connectivity index (χ4n) is 4.07. The number of ether oxygens (including phenoxy) is 2. The van der Waals surface area contributed by atoms with E-state index in [9.17, 15) is 9.59 Å². The van der Waals surface area contributed by atoms with Gasteiger partial charge in [-0.1, -0.05) is 18.2 Å². The molecule has 152 valence electrons. The summed E-state index contributed by atoms with van der Waals surface area (Å²) in [4.78, 5) is 26.0. The van der Waals surface area contributed by atoms with E-state index in [1.807, 2.05) is 24.3 Å². The second kappa shape index (κ2) is 8.25. The Labute approximate surface area is 170 Å². The van der Waals surface area contributed by atoms with Gasteiger partial charge >= 0.3 is 5.97 Å². The van der Waals surface area contributed by atoms with Gasteiger partial charge < -0.3 is 14.8 Å². The van der Waals surface area contributed by atoms with Crippen LogP contribution < -0.4 is 10.1 Å². The summed E-state index contributed by atoms with van der Waals surface area (Å²) < 4.78 is 10.5. The third-order valence-electron chi connectivity index (χ3n) is 5.75. The lowest BCUT2D eigenvalue weighted by atomic mass is 9.88. The van der Waals surface area contributed by atoms with Crippen molar-refractivity contribution >= 4 is 17.6 Å². The summed E-state index contributed by atoms with van der Waals surface area (Å²) in [5.41, 5.74) is 3.73. The number of fused-ring (bicyclic) bond motifs is 1. The fourth-order valence-corrected chi connectivity index (χ4v) is 4.07. The smallest absolute Gasteiger partial charge is 0.337 e. The molecule has 0 aromatic heterocycles. The maximum atomic E-state index is 11.8. The molecule has 2 aromatic carbocycles. The molecule has 1 unspecified atom stereocenters. The summed E-state index contributed by atoms with van der Waals surface area (Å²) in [6, 6.07) is 13.8. The number of rotatable bonds is 4. The highest BCUT2D eigenvalue weighted by Gasteiger charge is 2.25. The Morgan fingerprint density at radius 3 is 2.76 bits per heavy atom. The van der Waals surface area contributed by atoms with Crippen LogP contribution in [0, 0.1) is 0 Å². The van der Waals surface area contributed by atoms with Crippen LogP contribution >= 0.6 is 0 Å². The molecule has 6 heteroatoms. The van der Waals surface area contributed by atoms with Crippen LogP contribution in [0.2, 0.25) is 0 Å². The molecule has 2 heterocycles. The number of hydrogen-bond donors (Lipinski definition) is 1. The van der Waals surface area contributed by atoms with Crippen molar-refractivity contribution in [3.63, 3.8) is 0 Å². The number of nitrogens with one attached hydrogen (secondary N) is 1. The van der Waals surface area contributed by atoms with Gasteiger partial charge in [0.15, 0.2) is 6.10 Å². The number of anilines is 1. The Bertz CT molecular complexity index is 919. The van der Waals surface area contributed by atoms with Gasteiger partial charge in [-0.15, -0.1) is 0 Å². The first-order valence-corrected chi connectivity index (χ1v) is 10.0. The van der Waals surface area contributed by atoms with Gasteiger partial charge in [-0.25, -0.2) is 4.79 Å². The summed E-state index contributed by atoms with van der Waals surface area (Å²) >= 11 is 0. The largest absolute Gasteiger partial charge is 0.479 e. The first-order valence-electron chi connectivity index (χ1n) is 10.0. The summed E-state index contributed by atoms with van der Waals surface area (Å²) in [5, 5.41) is 2.91. The van der Waals surface area contributed by atoms with E-state index in [1.165, 1.54) is 12.7 Å². The van der Waals surface area contributed by atoms with Gasteiger partial charge in [0, 0.05) is 6.54 Å². The lowest BCUT2D eigenvalue weighted by Crippen LogP contribution is -2.35. The standard InChI is InChI=1S/C23H26N2O4/c1-15-22(26)24-20-12-16(6-7-21(20)29-15)14-25-10-8-17(9-11-25)18-4-3-5-19(13-18)23(27)28-2/h3-7,12-13,15,17H,8-11,14H2,1-2H3,(H,24,26). The number of nitrogens with zero attached hydrogens (tertiary/aromatic N) is 1. The topological polar surface area (TPSA) is 67.9 Å². The normalized spacial score (nSPS) is 19.8. The molecule has 6 nitrogen and oxygen atoms in total. The molecule has 1 amide bonds. The van der Waals surface area contributed by atoms with Gasteiger partial charge in [0.1, 0.15) is 5.75 Å². The molecule has 1 N–H and O–H groups in total. The Morgan fingerprint density at radius 2 is 2.00 bits per heavy atom. The van der Waals surface area contributed by atoms with Crippen molar-refractivity contribution in [3.8, 4) is 5.75 Å². The van der Waals surface area contributed by atoms with Crippen LogP contribution in [0.15, 0.2) is 42.5 Å². The van der Waals surface area contributed by atoms with Gasteiger partial charge in [-0.2, -0.15) is 0 Å². The molecule has 0 radical (unpaired) electrons. The van der Waals surface area contributed by atoms with E-state index in [4.69, 9.17) is 9.47 Å². The Balaban J connectivity index is 1.37. The zero-order valence-electron chi connectivity index (χ0n) is 16.8. The number of benzene rings is 2. The highest BCUT2D eigenvalue weighted by Crippen LogP contribution is 2.32. The summed E-state index contributed by atoms with van der Waals surface area (Å²) in [6.07, 6.45) is 1.64. The molecule has 29 heavy (non-hydrogen) atoms. The van der Waals surface area contributed by atoms with Gasteiger partial charge in [0.2, 0.25) is 0 Å². The van der Waals surface area contributed by atoms with E-state index in [1.54, 1.807) is 13.0 Å². The molecule has 0 saturated carbocycles. The van der Waals surface area contributed by atoms with Crippen molar-refractivity contribution in [1.82, 2.24) is 4.90 Å². The minimum absolute atomic E-state index is 0.107. The number of piperidine rings is 1. The zero-order valence-corrected chi connectivity index (χ0v) is 16.8. The maximum Gasteiger partial charge on any atom is 0.337 e. The predicted octanol–water partition coefficient (Wildman–Crippen LogP) is 3.57. The highest BCUT2D eigenvalue weighted by molar-refractivity contribution is 5.97. The molecule has 2 aliphatic heterocycles. The molecule has 1 saturated heterocycles. The monoisotopic (exact) mass is 394 g/mol. The summed E-state index contributed by atoms with van der Waals surface area (Å²) in [5.74, 6) is 0.783. The van der Waals surface area contributed by atoms with Crippen LogP contribution in [0.3, 0.4) is 0 Å². The average molecular weight is 394 g/mol. The number of likely N-dealkylation sites (tertiary alicyclic amines) is 1. The Kier molecular flexibility index (Phi) is 5.53. The third kappa shape index (κ3) is 4.27. The minimum Gasteiger partial charge on any atom is -0.479 e. The van der Waals surface area contributed by atoms with Crippen molar-refractivity contribution in [2.24, 2.45) is 0 Å². The average Bonchev–Trinajstić information content (AvgIpc) is 2.75. The second-order valence-electron chi connectivity index (χ2n) is 7.75. The second-order valence-corrected chi connectivity index (χ2v) is 7.75. The quantitative estimate of drug-likeness (QED) is 0.803. The molecule has 4 rings (SSSR count). The van der Waals surface area contributed by atoms with Gasteiger partial charge in [0.05, 0.1) is 18.4 Å². The lowest BCUT2D eigenvalue weighted by molar-refractivity contribution is -0.122. The summed E-state index contributed by atoms with van der Waals surface area (Å²) in [7, 11) is 1.41. The first kappa shape index (κ1) is 19.5. The molecule has 2 aromatic rings. The molecule has 0 bridgehead atoms. The maximum absolute atomic E-state index is 11.8. The van der Waals surface area contributed by atoms with Crippen LogP contribution in [0.1, 0.15) is 47.2 Å². The van der Waals surface area contributed by atoms with E-state index >= 15 is 0 Å². The Morgan fingerprint density at radius 1 is 1.21 bits per heavy atom. The Hall–Kier alpha value is -2.86. The molecule has 1 atom stereocenters. The number of amides is 1. The van der Waals surface area contributed by atoms with E-state index in [0.29, 0.717) is 11.5 Å². The predicted molar refractivity (Wildman–Crippen MR) is 110 cm³/mol. The molecule has 0 spiro atoms. The first-order chi connectivity index (χ1) is 14.0. The van der Waals surface area contributed by atoms with Crippen LogP contribution in [0.4, 0.5) is 5.69 Å². The third-order valence-corrected chi connectivity index (χ3v) is 5.75.